The van der Waals surface area contributed by atoms with E-state index in [9.17, 15) is 9.90 Å². The number of hydrogen-bond donors (Lipinski definition) is 2. The molecule has 6 heteroatoms. The zero-order valence-electron chi connectivity index (χ0n) is 12.5. The van der Waals surface area contributed by atoms with Crippen LogP contribution in [0, 0.1) is 6.92 Å². The first-order valence-electron chi connectivity index (χ1n) is 7.08. The van der Waals surface area contributed by atoms with Crippen LogP contribution in [0.25, 0.3) is 0 Å². The number of aliphatic hydroxyl groups is 1. The van der Waals surface area contributed by atoms with Crippen LogP contribution >= 0.6 is 0 Å². The van der Waals surface area contributed by atoms with E-state index in [1.807, 2.05) is 20.8 Å². The van der Waals surface area contributed by atoms with E-state index in [-0.39, 0.29) is 11.9 Å². The Kier molecular flexibility index (Phi) is 4.80. The molecular weight excluding hydrogens is 270 g/mol. The van der Waals surface area contributed by atoms with Crippen molar-refractivity contribution in [2.45, 2.75) is 45.9 Å². The topological polar surface area (TPSA) is 80.3 Å². The number of nitrogens with zero attached hydrogens (tertiary/aromatic N) is 2. The third-order valence-electron chi connectivity index (χ3n) is 3.26. The van der Waals surface area contributed by atoms with Gasteiger partial charge in [0.05, 0.1) is 12.0 Å². The molecular formula is C15H21N3O3. The Bertz CT molecular complexity index is 589. The van der Waals surface area contributed by atoms with Crippen LogP contribution in [0.2, 0.25) is 0 Å². The molecule has 0 saturated carbocycles. The van der Waals surface area contributed by atoms with Crippen LogP contribution in [0.15, 0.2) is 28.9 Å². The number of furan rings is 1. The maximum Gasteiger partial charge on any atom is 0.269 e. The Hall–Kier alpha value is -2.08. The fourth-order valence-corrected chi connectivity index (χ4v) is 2.26. The van der Waals surface area contributed by atoms with Crippen LogP contribution in [0.1, 0.15) is 48.3 Å². The van der Waals surface area contributed by atoms with Gasteiger partial charge in [-0.05, 0) is 39.0 Å². The van der Waals surface area contributed by atoms with Crippen molar-refractivity contribution in [2.24, 2.45) is 0 Å². The molecule has 6 nitrogen and oxygen atoms in total. The van der Waals surface area contributed by atoms with Crippen LogP contribution in [0.4, 0.5) is 0 Å². The molecule has 2 atom stereocenters. The van der Waals surface area contributed by atoms with Crippen molar-refractivity contribution in [3.05, 3.63) is 41.6 Å². The van der Waals surface area contributed by atoms with Gasteiger partial charge in [0.25, 0.3) is 5.91 Å². The lowest BCUT2D eigenvalue weighted by molar-refractivity contribution is 0.0893. The van der Waals surface area contributed by atoms with Crippen LogP contribution < -0.4 is 5.32 Å². The first-order valence-corrected chi connectivity index (χ1v) is 7.08. The Balaban J connectivity index is 1.95. The number of aromatic nitrogens is 2. The summed E-state index contributed by atoms with van der Waals surface area (Å²) in [5.41, 5.74) is 1.35. The van der Waals surface area contributed by atoms with Gasteiger partial charge in [-0.2, -0.15) is 5.10 Å². The number of carbonyl (C=O) groups excluding carboxylic acids is 1. The number of amides is 1. The molecule has 1 amide bonds. The SMILES string of the molecule is CCn1nc(C)cc1C(=O)NC(C)CC(O)c1ccco1. The second kappa shape index (κ2) is 6.58. The molecule has 0 saturated heterocycles. The van der Waals surface area contributed by atoms with Gasteiger partial charge in [-0.1, -0.05) is 0 Å². The molecule has 0 fully saturated rings. The first kappa shape index (κ1) is 15.3. The minimum atomic E-state index is -0.729. The van der Waals surface area contributed by atoms with Gasteiger partial charge in [0, 0.05) is 19.0 Å². The molecule has 2 unspecified atom stereocenters. The zero-order valence-corrected chi connectivity index (χ0v) is 12.5. The van der Waals surface area contributed by atoms with Gasteiger partial charge in [-0.25, -0.2) is 0 Å². The molecule has 0 aliphatic heterocycles. The van der Waals surface area contributed by atoms with Gasteiger partial charge >= 0.3 is 0 Å². The number of aryl methyl sites for hydroxylation is 2. The quantitative estimate of drug-likeness (QED) is 0.853. The highest BCUT2D eigenvalue weighted by atomic mass is 16.4. The molecule has 0 radical (unpaired) electrons. The number of aliphatic hydroxyl groups excluding tert-OH is 1. The molecule has 2 aromatic heterocycles. The largest absolute Gasteiger partial charge is 0.467 e. The molecule has 2 rings (SSSR count). The predicted octanol–water partition coefficient (Wildman–Crippen LogP) is 2.05. The monoisotopic (exact) mass is 291 g/mol. The van der Waals surface area contributed by atoms with E-state index in [4.69, 9.17) is 4.42 Å². The molecule has 2 heterocycles. The highest BCUT2D eigenvalue weighted by molar-refractivity contribution is 5.92. The fourth-order valence-electron chi connectivity index (χ4n) is 2.26. The summed E-state index contributed by atoms with van der Waals surface area (Å²) in [6.45, 7) is 6.28. The van der Waals surface area contributed by atoms with Gasteiger partial charge < -0.3 is 14.8 Å². The van der Waals surface area contributed by atoms with Crippen molar-refractivity contribution >= 4 is 5.91 Å². The summed E-state index contributed by atoms with van der Waals surface area (Å²) >= 11 is 0. The van der Waals surface area contributed by atoms with Gasteiger partial charge in [-0.15, -0.1) is 0 Å². The smallest absolute Gasteiger partial charge is 0.269 e. The molecule has 0 spiro atoms. The van der Waals surface area contributed by atoms with Crippen molar-refractivity contribution in [3.63, 3.8) is 0 Å². The van der Waals surface area contributed by atoms with E-state index in [0.29, 0.717) is 24.4 Å². The average molecular weight is 291 g/mol. The molecule has 2 aromatic rings. The average Bonchev–Trinajstić information content (AvgIpc) is 3.06. The molecule has 0 aliphatic rings. The van der Waals surface area contributed by atoms with Crippen LogP contribution in [-0.2, 0) is 6.54 Å². The summed E-state index contributed by atoms with van der Waals surface area (Å²) in [6, 6.07) is 5.02. The summed E-state index contributed by atoms with van der Waals surface area (Å²) in [4.78, 5) is 12.2. The summed E-state index contributed by atoms with van der Waals surface area (Å²) in [6.07, 6.45) is 1.18. The minimum Gasteiger partial charge on any atom is -0.467 e. The number of rotatable bonds is 6. The highest BCUT2D eigenvalue weighted by Crippen LogP contribution is 2.18. The Morgan fingerprint density at radius 3 is 2.95 bits per heavy atom. The third-order valence-corrected chi connectivity index (χ3v) is 3.26. The standard InChI is InChI=1S/C15H21N3O3/c1-4-18-12(8-11(3)17-18)15(20)16-10(2)9-13(19)14-6-5-7-21-14/h5-8,10,13,19H,4,9H2,1-3H3,(H,16,20). The number of carbonyl (C=O) groups is 1. The van der Waals surface area contributed by atoms with Crippen molar-refractivity contribution < 1.29 is 14.3 Å². The van der Waals surface area contributed by atoms with Crippen LogP contribution in [0.5, 0.6) is 0 Å². The van der Waals surface area contributed by atoms with E-state index < -0.39 is 6.10 Å². The molecule has 0 bridgehead atoms. The van der Waals surface area contributed by atoms with Crippen LogP contribution in [-0.4, -0.2) is 26.8 Å². The normalized spacial score (nSPS) is 13.9. The second-order valence-electron chi connectivity index (χ2n) is 5.13. The zero-order chi connectivity index (χ0) is 15.4. The number of nitrogens with one attached hydrogen (secondary N) is 1. The molecule has 114 valence electrons. The summed E-state index contributed by atoms with van der Waals surface area (Å²) in [7, 11) is 0. The predicted molar refractivity (Wildman–Crippen MR) is 77.9 cm³/mol. The van der Waals surface area contributed by atoms with E-state index >= 15 is 0 Å². The Morgan fingerprint density at radius 2 is 2.33 bits per heavy atom. The van der Waals surface area contributed by atoms with E-state index in [1.54, 1.807) is 22.9 Å². The molecule has 2 N–H and O–H groups in total. The molecule has 0 aliphatic carbocycles. The van der Waals surface area contributed by atoms with Crippen molar-refractivity contribution in [1.29, 1.82) is 0 Å². The number of hydrogen-bond acceptors (Lipinski definition) is 4. The third kappa shape index (κ3) is 3.72. The summed E-state index contributed by atoms with van der Waals surface area (Å²) in [5, 5.41) is 17.1. The van der Waals surface area contributed by atoms with E-state index in [2.05, 4.69) is 10.4 Å². The fraction of sp³-hybridized carbons (Fsp3) is 0.467. The summed E-state index contributed by atoms with van der Waals surface area (Å²) in [5.74, 6) is 0.321. The minimum absolute atomic E-state index is 0.182. The van der Waals surface area contributed by atoms with Gasteiger partial charge in [0.1, 0.15) is 17.6 Å². The van der Waals surface area contributed by atoms with Gasteiger partial charge in [-0.3, -0.25) is 9.48 Å². The van der Waals surface area contributed by atoms with Gasteiger partial charge in [0.2, 0.25) is 0 Å². The van der Waals surface area contributed by atoms with Gasteiger partial charge in [0.15, 0.2) is 0 Å². The van der Waals surface area contributed by atoms with Crippen molar-refractivity contribution in [2.75, 3.05) is 0 Å². The lowest BCUT2D eigenvalue weighted by Crippen LogP contribution is -2.35. The second-order valence-corrected chi connectivity index (χ2v) is 5.13. The molecule has 0 aromatic carbocycles. The first-order chi connectivity index (χ1) is 10.0. The lowest BCUT2D eigenvalue weighted by Gasteiger charge is -2.16. The van der Waals surface area contributed by atoms with E-state index in [1.165, 1.54) is 6.26 Å². The Labute approximate surface area is 123 Å². The van der Waals surface area contributed by atoms with E-state index in [0.717, 1.165) is 5.69 Å². The van der Waals surface area contributed by atoms with Crippen molar-refractivity contribution in [1.82, 2.24) is 15.1 Å². The maximum absolute atomic E-state index is 12.2. The lowest BCUT2D eigenvalue weighted by atomic mass is 10.1. The van der Waals surface area contributed by atoms with Crippen molar-refractivity contribution in [3.8, 4) is 0 Å². The summed E-state index contributed by atoms with van der Waals surface area (Å²) < 4.78 is 6.82. The maximum atomic E-state index is 12.2. The van der Waals surface area contributed by atoms with Crippen LogP contribution in [0.3, 0.4) is 0 Å². The molecule has 21 heavy (non-hydrogen) atoms. The Morgan fingerprint density at radius 1 is 1.57 bits per heavy atom. The highest BCUT2D eigenvalue weighted by Gasteiger charge is 2.19.